The van der Waals surface area contributed by atoms with Crippen LogP contribution in [-0.2, 0) is 16.0 Å². The van der Waals surface area contributed by atoms with Gasteiger partial charge in [-0.25, -0.2) is 4.79 Å². The van der Waals surface area contributed by atoms with Gasteiger partial charge in [0.05, 0.1) is 13.0 Å². The summed E-state index contributed by atoms with van der Waals surface area (Å²) in [5.74, 6) is -0.723. The Balaban J connectivity index is 1.63. The highest BCUT2D eigenvalue weighted by molar-refractivity contribution is 5.86. The number of ether oxygens (including phenoxy) is 1. The van der Waals surface area contributed by atoms with E-state index < -0.39 is 5.92 Å². The van der Waals surface area contributed by atoms with E-state index in [1.54, 1.807) is 0 Å². The van der Waals surface area contributed by atoms with Crippen molar-refractivity contribution in [1.29, 1.82) is 0 Å². The second kappa shape index (κ2) is 9.40. The number of methoxy groups -OCH3 is 1. The third-order valence-electron chi connectivity index (χ3n) is 5.33. The topological polar surface area (TPSA) is 67.4 Å². The molecule has 2 aromatic rings. The zero-order valence-electron chi connectivity index (χ0n) is 15.9. The van der Waals surface area contributed by atoms with Gasteiger partial charge in [0.25, 0.3) is 0 Å². The van der Waals surface area contributed by atoms with Crippen molar-refractivity contribution in [1.82, 2.24) is 10.6 Å². The average molecular weight is 368 g/mol. The number of carbonyl (C=O) groups excluding carboxylic acids is 2. The third kappa shape index (κ3) is 5.22. The van der Waals surface area contributed by atoms with Crippen LogP contribution < -0.4 is 10.6 Å². The van der Waals surface area contributed by atoms with E-state index in [1.807, 2.05) is 24.3 Å². The van der Waals surface area contributed by atoms with Gasteiger partial charge in [-0.05, 0) is 35.6 Å². The molecule has 2 N–H and O–H groups in total. The molecule has 0 aliphatic heterocycles. The zero-order valence-corrected chi connectivity index (χ0v) is 15.9. The van der Waals surface area contributed by atoms with E-state index >= 15 is 0 Å². The van der Waals surface area contributed by atoms with Gasteiger partial charge in [0.15, 0.2) is 0 Å². The largest absolute Gasteiger partial charge is 0.469 e. The van der Waals surface area contributed by atoms with Crippen LogP contribution in [0.15, 0.2) is 42.5 Å². The van der Waals surface area contributed by atoms with Crippen molar-refractivity contribution in [3.63, 3.8) is 0 Å². The first-order valence-electron chi connectivity index (χ1n) is 9.76. The van der Waals surface area contributed by atoms with Crippen LogP contribution in [0.3, 0.4) is 0 Å². The molecule has 0 aromatic heterocycles. The molecule has 2 amide bonds. The lowest BCUT2D eigenvalue weighted by Gasteiger charge is -2.23. The minimum atomic E-state index is -0.419. The fraction of sp³-hybridized carbons (Fsp3) is 0.455. The fourth-order valence-corrected chi connectivity index (χ4v) is 3.84. The maximum absolute atomic E-state index is 12.3. The molecule has 2 aromatic carbocycles. The standard InChI is InChI=1S/C22H28N2O3/c1-27-21(25)18(15-23-22(26)24-19-11-3-2-4-12-19)14-17-10-7-9-16-8-5-6-13-20(16)17/h5-10,13,18-19H,2-4,11-12,14-15H2,1H3,(H2,23,24,26)/t18-/m0/s1. The summed E-state index contributed by atoms with van der Waals surface area (Å²) < 4.78 is 4.97. The molecule has 5 nitrogen and oxygen atoms in total. The lowest BCUT2D eigenvalue weighted by atomic mass is 9.94. The van der Waals surface area contributed by atoms with Crippen molar-refractivity contribution in [2.24, 2.45) is 5.92 Å². The summed E-state index contributed by atoms with van der Waals surface area (Å²) in [6.45, 7) is 0.258. The first-order chi connectivity index (χ1) is 13.2. The van der Waals surface area contributed by atoms with Crippen molar-refractivity contribution >= 4 is 22.8 Å². The highest BCUT2D eigenvalue weighted by Crippen LogP contribution is 2.22. The first-order valence-corrected chi connectivity index (χ1v) is 9.76. The summed E-state index contributed by atoms with van der Waals surface area (Å²) in [5, 5.41) is 8.15. The Morgan fingerprint density at radius 3 is 2.59 bits per heavy atom. The Labute approximate surface area is 160 Å². The maximum atomic E-state index is 12.3. The SMILES string of the molecule is COC(=O)[C@H](CNC(=O)NC1CCCCC1)Cc1cccc2ccccc12. The van der Waals surface area contributed by atoms with Gasteiger partial charge in [0.2, 0.25) is 0 Å². The Bertz CT molecular complexity index is 779. The quantitative estimate of drug-likeness (QED) is 0.762. The molecule has 144 valence electrons. The van der Waals surface area contributed by atoms with E-state index in [1.165, 1.54) is 13.5 Å². The third-order valence-corrected chi connectivity index (χ3v) is 5.33. The van der Waals surface area contributed by atoms with Crippen LogP contribution in [0.25, 0.3) is 10.8 Å². The molecule has 3 rings (SSSR count). The Morgan fingerprint density at radius 2 is 1.81 bits per heavy atom. The zero-order chi connectivity index (χ0) is 19.1. The molecule has 0 bridgehead atoms. The van der Waals surface area contributed by atoms with E-state index in [0.717, 1.165) is 42.0 Å². The number of fused-ring (bicyclic) bond motifs is 1. The summed E-state index contributed by atoms with van der Waals surface area (Å²) in [4.78, 5) is 24.5. The normalized spacial score (nSPS) is 15.9. The van der Waals surface area contributed by atoms with Crippen molar-refractivity contribution in [2.45, 2.75) is 44.6 Å². The summed E-state index contributed by atoms with van der Waals surface area (Å²) >= 11 is 0. The van der Waals surface area contributed by atoms with Gasteiger partial charge < -0.3 is 15.4 Å². The molecule has 0 radical (unpaired) electrons. The number of urea groups is 1. The molecule has 0 unspecified atom stereocenters. The van der Waals surface area contributed by atoms with Gasteiger partial charge in [-0.1, -0.05) is 61.7 Å². The molecule has 1 atom stereocenters. The van der Waals surface area contributed by atoms with Crippen LogP contribution in [0.4, 0.5) is 4.79 Å². The fourth-order valence-electron chi connectivity index (χ4n) is 3.84. The second-order valence-corrected chi connectivity index (χ2v) is 7.25. The predicted octanol–water partition coefficient (Wildman–Crippen LogP) is 3.80. The van der Waals surface area contributed by atoms with Crippen molar-refractivity contribution < 1.29 is 14.3 Å². The number of hydrogen-bond acceptors (Lipinski definition) is 3. The number of rotatable bonds is 6. The molecule has 5 heteroatoms. The van der Waals surface area contributed by atoms with E-state index in [9.17, 15) is 9.59 Å². The van der Waals surface area contributed by atoms with E-state index in [0.29, 0.717) is 6.42 Å². The van der Waals surface area contributed by atoms with E-state index in [-0.39, 0.29) is 24.6 Å². The van der Waals surface area contributed by atoms with Crippen LogP contribution in [-0.4, -0.2) is 31.7 Å². The highest BCUT2D eigenvalue weighted by atomic mass is 16.5. The van der Waals surface area contributed by atoms with Gasteiger partial charge in [0, 0.05) is 12.6 Å². The molecule has 0 spiro atoms. The Morgan fingerprint density at radius 1 is 1.07 bits per heavy atom. The van der Waals surface area contributed by atoms with Crippen molar-refractivity contribution in [2.75, 3.05) is 13.7 Å². The smallest absolute Gasteiger partial charge is 0.315 e. The van der Waals surface area contributed by atoms with Crippen molar-refractivity contribution in [3.05, 3.63) is 48.0 Å². The number of hydrogen-bond donors (Lipinski definition) is 2. The predicted molar refractivity (Wildman–Crippen MR) is 107 cm³/mol. The molecule has 1 aliphatic carbocycles. The van der Waals surface area contributed by atoms with Gasteiger partial charge in [0.1, 0.15) is 0 Å². The average Bonchev–Trinajstić information content (AvgIpc) is 2.71. The van der Waals surface area contributed by atoms with Crippen LogP contribution in [0.1, 0.15) is 37.7 Å². The van der Waals surface area contributed by atoms with Crippen LogP contribution in [0.5, 0.6) is 0 Å². The van der Waals surface area contributed by atoms with Crippen molar-refractivity contribution in [3.8, 4) is 0 Å². The lowest BCUT2D eigenvalue weighted by Crippen LogP contribution is -2.45. The number of benzene rings is 2. The Hall–Kier alpha value is -2.56. The van der Waals surface area contributed by atoms with Gasteiger partial charge in [-0.2, -0.15) is 0 Å². The summed E-state index contributed by atoms with van der Waals surface area (Å²) in [6, 6.07) is 14.2. The van der Waals surface area contributed by atoms with Crippen LogP contribution >= 0.6 is 0 Å². The molecule has 1 aliphatic rings. The number of carbonyl (C=O) groups is 2. The monoisotopic (exact) mass is 368 g/mol. The molecule has 27 heavy (non-hydrogen) atoms. The molecule has 0 heterocycles. The number of nitrogens with one attached hydrogen (secondary N) is 2. The first kappa shape index (κ1) is 19.2. The second-order valence-electron chi connectivity index (χ2n) is 7.25. The van der Waals surface area contributed by atoms with Gasteiger partial charge in [-0.15, -0.1) is 0 Å². The van der Waals surface area contributed by atoms with E-state index in [2.05, 4.69) is 28.8 Å². The molecule has 1 fully saturated rings. The minimum Gasteiger partial charge on any atom is -0.469 e. The molecular formula is C22H28N2O3. The van der Waals surface area contributed by atoms with E-state index in [4.69, 9.17) is 4.74 Å². The number of esters is 1. The molecule has 1 saturated carbocycles. The Kier molecular flexibility index (Phi) is 6.69. The van der Waals surface area contributed by atoms with Gasteiger partial charge in [-0.3, -0.25) is 4.79 Å². The maximum Gasteiger partial charge on any atom is 0.315 e. The summed E-state index contributed by atoms with van der Waals surface area (Å²) in [5.41, 5.74) is 1.08. The minimum absolute atomic E-state index is 0.200. The lowest BCUT2D eigenvalue weighted by molar-refractivity contribution is -0.145. The summed E-state index contributed by atoms with van der Waals surface area (Å²) in [7, 11) is 1.39. The summed E-state index contributed by atoms with van der Waals surface area (Å²) in [6.07, 6.45) is 6.16. The highest BCUT2D eigenvalue weighted by Gasteiger charge is 2.22. The molecular weight excluding hydrogens is 340 g/mol. The van der Waals surface area contributed by atoms with Crippen LogP contribution in [0.2, 0.25) is 0 Å². The van der Waals surface area contributed by atoms with Gasteiger partial charge >= 0.3 is 12.0 Å². The number of amides is 2. The molecule has 0 saturated heterocycles. The van der Waals surface area contributed by atoms with Crippen LogP contribution in [0, 0.1) is 5.92 Å².